The van der Waals surface area contributed by atoms with E-state index in [1.54, 1.807) is 6.07 Å². The highest BCUT2D eigenvalue weighted by atomic mass is 35.5. The van der Waals surface area contributed by atoms with Gasteiger partial charge in [-0.2, -0.15) is 0 Å². The lowest BCUT2D eigenvalue weighted by Gasteiger charge is -2.27. The smallest absolute Gasteiger partial charge is 0.177 e. The molecule has 0 aliphatic carbocycles. The number of hydrogen-bond acceptors (Lipinski definition) is 3. The maximum atomic E-state index is 13.3. The largest absolute Gasteiger partial charge is 0.491 e. The van der Waals surface area contributed by atoms with Gasteiger partial charge in [0.15, 0.2) is 4.77 Å². The molecule has 1 aromatic carbocycles. The first-order valence-electron chi connectivity index (χ1n) is 6.59. The van der Waals surface area contributed by atoms with Crippen LogP contribution in [0.15, 0.2) is 24.4 Å². The monoisotopic (exact) mass is 329 g/mol. The third-order valence-electron chi connectivity index (χ3n) is 3.57. The number of nitrogens with one attached hydrogen (secondary N) is 1. The third-order valence-corrected chi connectivity index (χ3v) is 3.88. The molecule has 0 spiro atoms. The van der Waals surface area contributed by atoms with E-state index >= 15 is 0 Å². The lowest BCUT2D eigenvalue weighted by Crippen LogP contribution is -2.26. The summed E-state index contributed by atoms with van der Waals surface area (Å²) >= 11 is 5.33. The fourth-order valence-corrected chi connectivity index (χ4v) is 2.99. The number of rotatable bonds is 3. The number of hydrogen-bond donors (Lipinski definition) is 2. The zero-order valence-electron chi connectivity index (χ0n) is 11.3. The Hall–Kier alpha value is -1.37. The average Bonchev–Trinajstić information content (AvgIpc) is 2.79. The Labute approximate surface area is 133 Å². The Balaban J connectivity index is 0.00000161. The SMILES string of the molecule is Cl.NCCc1c[nH]c(=S)n1C1COc2ccc(F)cc2C1. The molecule has 3 rings (SSSR count). The van der Waals surface area contributed by atoms with Crippen LogP contribution >= 0.6 is 24.6 Å². The first-order chi connectivity index (χ1) is 9.69. The molecule has 1 unspecified atom stereocenters. The van der Waals surface area contributed by atoms with E-state index in [9.17, 15) is 4.39 Å². The molecule has 4 nitrogen and oxygen atoms in total. The molecular formula is C14H17ClFN3OS. The molecule has 21 heavy (non-hydrogen) atoms. The van der Waals surface area contributed by atoms with Crippen LogP contribution in [0.4, 0.5) is 4.39 Å². The number of H-pyrrole nitrogens is 1. The summed E-state index contributed by atoms with van der Waals surface area (Å²) < 4.78 is 21.8. The van der Waals surface area contributed by atoms with Gasteiger partial charge in [0, 0.05) is 24.7 Å². The summed E-state index contributed by atoms with van der Waals surface area (Å²) in [6.45, 7) is 1.09. The van der Waals surface area contributed by atoms with Gasteiger partial charge in [-0.15, -0.1) is 12.4 Å². The highest BCUT2D eigenvalue weighted by molar-refractivity contribution is 7.71. The molecule has 7 heteroatoms. The molecule has 114 valence electrons. The molecule has 0 saturated carbocycles. The van der Waals surface area contributed by atoms with E-state index in [1.165, 1.54) is 12.1 Å². The molecule has 0 fully saturated rings. The molecule has 0 radical (unpaired) electrons. The zero-order valence-corrected chi connectivity index (χ0v) is 13.0. The van der Waals surface area contributed by atoms with Crippen molar-refractivity contribution in [3.63, 3.8) is 0 Å². The summed E-state index contributed by atoms with van der Waals surface area (Å²) in [5.41, 5.74) is 7.56. The second-order valence-corrected chi connectivity index (χ2v) is 5.30. The highest BCUT2D eigenvalue weighted by Crippen LogP contribution is 2.31. The van der Waals surface area contributed by atoms with Crippen molar-refractivity contribution in [2.75, 3.05) is 13.2 Å². The first-order valence-corrected chi connectivity index (χ1v) is 7.00. The minimum absolute atomic E-state index is 0. The van der Waals surface area contributed by atoms with Crippen LogP contribution < -0.4 is 10.5 Å². The Morgan fingerprint density at radius 3 is 3.05 bits per heavy atom. The Morgan fingerprint density at radius 1 is 1.48 bits per heavy atom. The topological polar surface area (TPSA) is 56.0 Å². The molecule has 0 saturated heterocycles. The van der Waals surface area contributed by atoms with Crippen molar-refractivity contribution in [3.8, 4) is 5.75 Å². The van der Waals surface area contributed by atoms with Gasteiger partial charge in [-0.3, -0.25) is 0 Å². The number of nitrogens with zero attached hydrogens (tertiary/aromatic N) is 1. The van der Waals surface area contributed by atoms with E-state index in [1.807, 2.05) is 10.8 Å². The van der Waals surface area contributed by atoms with E-state index in [-0.39, 0.29) is 24.3 Å². The van der Waals surface area contributed by atoms with Crippen molar-refractivity contribution in [1.82, 2.24) is 9.55 Å². The molecular weight excluding hydrogens is 313 g/mol. The van der Waals surface area contributed by atoms with Gasteiger partial charge < -0.3 is 20.0 Å². The van der Waals surface area contributed by atoms with Gasteiger partial charge in [-0.25, -0.2) is 4.39 Å². The quantitative estimate of drug-likeness (QED) is 0.851. The summed E-state index contributed by atoms with van der Waals surface area (Å²) in [5.74, 6) is 0.512. The van der Waals surface area contributed by atoms with Crippen molar-refractivity contribution in [1.29, 1.82) is 0 Å². The molecule has 1 aliphatic heterocycles. The summed E-state index contributed by atoms with van der Waals surface area (Å²) in [5, 5.41) is 0. The molecule has 2 heterocycles. The van der Waals surface area contributed by atoms with E-state index in [2.05, 4.69) is 4.98 Å². The van der Waals surface area contributed by atoms with Crippen LogP contribution in [0.1, 0.15) is 17.3 Å². The van der Waals surface area contributed by atoms with Crippen LogP contribution in [-0.2, 0) is 12.8 Å². The number of aromatic nitrogens is 2. The van der Waals surface area contributed by atoms with Gasteiger partial charge in [-0.1, -0.05) is 0 Å². The summed E-state index contributed by atoms with van der Waals surface area (Å²) in [7, 11) is 0. The molecule has 1 aromatic heterocycles. The van der Waals surface area contributed by atoms with Crippen molar-refractivity contribution in [2.45, 2.75) is 18.9 Å². The fraction of sp³-hybridized carbons (Fsp3) is 0.357. The second-order valence-electron chi connectivity index (χ2n) is 4.91. The molecule has 1 atom stereocenters. The Bertz CT molecular complexity index is 685. The number of nitrogens with two attached hydrogens (primary N) is 1. The van der Waals surface area contributed by atoms with Crippen molar-refractivity contribution in [3.05, 3.63) is 46.2 Å². The second kappa shape index (κ2) is 6.60. The van der Waals surface area contributed by atoms with Gasteiger partial charge in [0.05, 0.1) is 6.04 Å². The Morgan fingerprint density at radius 2 is 2.29 bits per heavy atom. The van der Waals surface area contributed by atoms with Crippen molar-refractivity contribution >= 4 is 24.6 Å². The van der Waals surface area contributed by atoms with Crippen LogP contribution in [0.5, 0.6) is 5.75 Å². The van der Waals surface area contributed by atoms with E-state index in [0.717, 1.165) is 23.4 Å². The minimum Gasteiger partial charge on any atom is -0.491 e. The first kappa shape index (κ1) is 16.0. The molecule has 0 bridgehead atoms. The van der Waals surface area contributed by atoms with E-state index in [0.29, 0.717) is 24.3 Å². The van der Waals surface area contributed by atoms with Gasteiger partial charge >= 0.3 is 0 Å². The molecule has 0 amide bonds. The number of imidazole rings is 1. The molecule has 1 aliphatic rings. The maximum Gasteiger partial charge on any atom is 0.177 e. The zero-order chi connectivity index (χ0) is 14.1. The predicted molar refractivity (Wildman–Crippen MR) is 84.3 cm³/mol. The van der Waals surface area contributed by atoms with Crippen LogP contribution in [0.25, 0.3) is 0 Å². The van der Waals surface area contributed by atoms with Gasteiger partial charge in [-0.05, 0) is 42.5 Å². The lowest BCUT2D eigenvalue weighted by molar-refractivity contribution is 0.220. The number of fused-ring (bicyclic) bond motifs is 1. The third kappa shape index (κ3) is 3.12. The van der Waals surface area contributed by atoms with Crippen molar-refractivity contribution < 1.29 is 9.13 Å². The maximum absolute atomic E-state index is 13.3. The predicted octanol–water partition coefficient (Wildman–Crippen LogP) is 2.78. The van der Waals surface area contributed by atoms with Gasteiger partial charge in [0.1, 0.15) is 18.2 Å². The summed E-state index contributed by atoms with van der Waals surface area (Å²) in [6.07, 6.45) is 3.34. The van der Waals surface area contributed by atoms with Crippen molar-refractivity contribution in [2.24, 2.45) is 5.73 Å². The molecule has 2 aromatic rings. The van der Waals surface area contributed by atoms with Crippen LogP contribution in [0.2, 0.25) is 0 Å². The van der Waals surface area contributed by atoms with Gasteiger partial charge in [0.2, 0.25) is 0 Å². The number of aromatic amines is 1. The fourth-order valence-electron chi connectivity index (χ4n) is 2.67. The number of halogens is 2. The minimum atomic E-state index is -0.243. The molecule has 3 N–H and O–H groups in total. The van der Waals surface area contributed by atoms with Crippen LogP contribution in [-0.4, -0.2) is 22.7 Å². The van der Waals surface area contributed by atoms with E-state index < -0.39 is 0 Å². The normalized spacial score (nSPS) is 16.8. The lowest BCUT2D eigenvalue weighted by atomic mass is 10.0. The average molecular weight is 330 g/mol. The Kier molecular flexibility index (Phi) is 5.03. The van der Waals surface area contributed by atoms with Crippen LogP contribution in [0, 0.1) is 10.6 Å². The number of benzene rings is 1. The van der Waals surface area contributed by atoms with Crippen LogP contribution in [0.3, 0.4) is 0 Å². The summed E-state index contributed by atoms with van der Waals surface area (Å²) in [6, 6.07) is 4.70. The number of ether oxygens (including phenoxy) is 1. The summed E-state index contributed by atoms with van der Waals surface area (Å²) in [4.78, 5) is 3.05. The van der Waals surface area contributed by atoms with E-state index in [4.69, 9.17) is 22.7 Å². The standard InChI is InChI=1S/C14H16FN3OS.ClH/c15-10-1-2-13-9(5-10)6-12(8-19-13)18-11(3-4-16)7-17-14(18)20;/h1-2,5,7,12H,3-4,6,8,16H2,(H,17,20);1H. The van der Waals surface area contributed by atoms with Gasteiger partial charge in [0.25, 0.3) is 0 Å². The highest BCUT2D eigenvalue weighted by Gasteiger charge is 2.23.